The van der Waals surface area contributed by atoms with Crippen LogP contribution in [0, 0.1) is 5.92 Å². The van der Waals surface area contributed by atoms with Crippen LogP contribution in [-0.4, -0.2) is 30.1 Å². The third-order valence-electron chi connectivity index (χ3n) is 1.17. The lowest BCUT2D eigenvalue weighted by Crippen LogP contribution is -2.34. The summed E-state index contributed by atoms with van der Waals surface area (Å²) in [4.78, 5) is 10.8. The minimum atomic E-state index is -4.32. The van der Waals surface area contributed by atoms with Gasteiger partial charge in [-0.3, -0.25) is 4.79 Å². The van der Waals surface area contributed by atoms with Crippen molar-refractivity contribution in [3.8, 4) is 0 Å². The number of rotatable bonds is 5. The van der Waals surface area contributed by atoms with Gasteiger partial charge in [-0.15, -0.1) is 0 Å². The predicted octanol–water partition coefficient (Wildman–Crippen LogP) is 2.05. The topological polar surface area (TPSA) is 29.1 Å². The third kappa shape index (κ3) is 9.70. The van der Waals surface area contributed by atoms with Crippen LogP contribution < -0.4 is 5.32 Å². The number of nitrogens with one attached hydrogen (secondary N) is 1. The average Bonchev–Trinajstić information content (AvgIpc) is 1.99. The smallest absolute Gasteiger partial charge is 0.346 e. The molecule has 0 atom stereocenters. The highest BCUT2D eigenvalue weighted by atomic mass is 32.2. The SMILES string of the molecule is CC(C)CSCC(=O)NCC(F)(F)F. The van der Waals surface area contributed by atoms with Gasteiger partial charge in [0, 0.05) is 0 Å². The fourth-order valence-corrected chi connectivity index (χ4v) is 1.51. The Kier molecular flexibility index (Phi) is 5.99. The van der Waals surface area contributed by atoms with Gasteiger partial charge >= 0.3 is 6.18 Å². The van der Waals surface area contributed by atoms with Crippen molar-refractivity contribution in [1.82, 2.24) is 5.32 Å². The molecule has 14 heavy (non-hydrogen) atoms. The Morgan fingerprint density at radius 1 is 1.43 bits per heavy atom. The molecular weight excluding hydrogens is 215 g/mol. The monoisotopic (exact) mass is 229 g/mol. The Labute approximate surface area is 85.6 Å². The highest BCUT2D eigenvalue weighted by molar-refractivity contribution is 7.99. The average molecular weight is 229 g/mol. The molecule has 0 rings (SSSR count). The van der Waals surface area contributed by atoms with Crippen LogP contribution in [0.2, 0.25) is 0 Å². The van der Waals surface area contributed by atoms with Gasteiger partial charge in [0.1, 0.15) is 6.54 Å². The molecule has 0 aromatic rings. The maximum absolute atomic E-state index is 11.6. The van der Waals surface area contributed by atoms with Crippen molar-refractivity contribution >= 4 is 17.7 Å². The molecule has 0 aliphatic rings. The summed E-state index contributed by atoms with van der Waals surface area (Å²) in [5, 5.41) is 1.81. The van der Waals surface area contributed by atoms with Crippen LogP contribution in [0.3, 0.4) is 0 Å². The highest BCUT2D eigenvalue weighted by Crippen LogP contribution is 2.12. The molecule has 6 heteroatoms. The first-order chi connectivity index (χ1) is 6.31. The molecule has 0 aliphatic heterocycles. The van der Waals surface area contributed by atoms with E-state index in [9.17, 15) is 18.0 Å². The quantitative estimate of drug-likeness (QED) is 0.781. The number of hydrogen-bond donors (Lipinski definition) is 1. The Morgan fingerprint density at radius 3 is 2.43 bits per heavy atom. The van der Waals surface area contributed by atoms with E-state index in [-0.39, 0.29) is 5.75 Å². The Balaban J connectivity index is 3.47. The molecule has 0 spiro atoms. The second-order valence-electron chi connectivity index (χ2n) is 3.30. The lowest BCUT2D eigenvalue weighted by atomic mass is 10.3. The van der Waals surface area contributed by atoms with Gasteiger partial charge in [-0.1, -0.05) is 13.8 Å². The van der Waals surface area contributed by atoms with Crippen molar-refractivity contribution in [2.45, 2.75) is 20.0 Å². The zero-order valence-corrected chi connectivity index (χ0v) is 8.97. The van der Waals surface area contributed by atoms with Gasteiger partial charge < -0.3 is 5.32 Å². The fraction of sp³-hybridized carbons (Fsp3) is 0.875. The van der Waals surface area contributed by atoms with E-state index in [4.69, 9.17) is 0 Å². The standard InChI is InChI=1S/C8H14F3NOS/c1-6(2)3-14-4-7(13)12-5-8(9,10)11/h6H,3-5H2,1-2H3,(H,12,13). The summed E-state index contributed by atoms with van der Waals surface area (Å²) in [5.74, 6) is 0.747. The van der Waals surface area contributed by atoms with E-state index >= 15 is 0 Å². The Bertz CT molecular complexity index is 182. The number of carbonyl (C=O) groups is 1. The van der Waals surface area contributed by atoms with Gasteiger partial charge in [-0.2, -0.15) is 24.9 Å². The van der Waals surface area contributed by atoms with Gasteiger partial charge in [-0.25, -0.2) is 0 Å². The van der Waals surface area contributed by atoms with E-state index < -0.39 is 18.6 Å². The molecule has 0 aliphatic carbocycles. The van der Waals surface area contributed by atoms with Gasteiger partial charge in [0.15, 0.2) is 0 Å². The number of halogens is 3. The normalized spacial score (nSPS) is 11.9. The van der Waals surface area contributed by atoms with E-state index in [0.29, 0.717) is 5.92 Å². The number of carbonyl (C=O) groups excluding carboxylic acids is 1. The summed E-state index contributed by atoms with van der Waals surface area (Å²) in [7, 11) is 0. The Hall–Kier alpha value is -0.390. The predicted molar refractivity (Wildman–Crippen MR) is 51.2 cm³/mol. The lowest BCUT2D eigenvalue weighted by Gasteiger charge is -2.08. The van der Waals surface area contributed by atoms with Gasteiger partial charge in [0.2, 0.25) is 5.91 Å². The number of alkyl halides is 3. The van der Waals surface area contributed by atoms with Crippen molar-refractivity contribution in [2.24, 2.45) is 5.92 Å². The molecule has 0 saturated carbocycles. The number of amides is 1. The molecular formula is C8H14F3NOS. The molecule has 0 heterocycles. The highest BCUT2D eigenvalue weighted by Gasteiger charge is 2.27. The molecule has 0 fully saturated rings. The molecule has 1 amide bonds. The van der Waals surface area contributed by atoms with Crippen molar-refractivity contribution in [1.29, 1.82) is 0 Å². The summed E-state index contributed by atoms with van der Waals surface area (Å²) in [6.07, 6.45) is -4.32. The van der Waals surface area contributed by atoms with Crippen LogP contribution in [-0.2, 0) is 4.79 Å². The van der Waals surface area contributed by atoms with Crippen molar-refractivity contribution in [3.63, 3.8) is 0 Å². The molecule has 0 saturated heterocycles. The molecule has 0 radical (unpaired) electrons. The second kappa shape index (κ2) is 6.16. The Morgan fingerprint density at radius 2 is 2.00 bits per heavy atom. The van der Waals surface area contributed by atoms with E-state index in [1.165, 1.54) is 11.8 Å². The summed E-state index contributed by atoms with van der Waals surface area (Å²) in [5.41, 5.74) is 0. The largest absolute Gasteiger partial charge is 0.405 e. The number of thioether (sulfide) groups is 1. The maximum atomic E-state index is 11.6. The van der Waals surface area contributed by atoms with Crippen LogP contribution in [0.15, 0.2) is 0 Å². The van der Waals surface area contributed by atoms with Gasteiger partial charge in [-0.05, 0) is 11.7 Å². The number of hydrogen-bond acceptors (Lipinski definition) is 2. The summed E-state index contributed by atoms with van der Waals surface area (Å²) in [6, 6.07) is 0. The molecule has 1 N–H and O–H groups in total. The first kappa shape index (κ1) is 13.6. The summed E-state index contributed by atoms with van der Waals surface area (Å²) in [6.45, 7) is 2.73. The molecule has 2 nitrogen and oxygen atoms in total. The van der Waals surface area contributed by atoms with Crippen molar-refractivity contribution in [2.75, 3.05) is 18.1 Å². The van der Waals surface area contributed by atoms with Crippen molar-refractivity contribution < 1.29 is 18.0 Å². The molecule has 0 unspecified atom stereocenters. The van der Waals surface area contributed by atoms with Crippen molar-refractivity contribution in [3.05, 3.63) is 0 Å². The molecule has 0 bridgehead atoms. The minimum absolute atomic E-state index is 0.0915. The van der Waals surface area contributed by atoms with E-state index in [2.05, 4.69) is 0 Å². The third-order valence-corrected chi connectivity index (χ3v) is 2.54. The lowest BCUT2D eigenvalue weighted by molar-refractivity contribution is -0.136. The van der Waals surface area contributed by atoms with Gasteiger partial charge in [0.05, 0.1) is 5.75 Å². The van der Waals surface area contributed by atoms with Crippen LogP contribution in [0.4, 0.5) is 13.2 Å². The zero-order valence-electron chi connectivity index (χ0n) is 8.15. The first-order valence-electron chi connectivity index (χ1n) is 4.22. The molecule has 0 aromatic heterocycles. The van der Waals surface area contributed by atoms with Gasteiger partial charge in [0.25, 0.3) is 0 Å². The fourth-order valence-electron chi connectivity index (χ4n) is 0.637. The second-order valence-corrected chi connectivity index (χ2v) is 4.33. The van der Waals surface area contributed by atoms with Crippen LogP contribution in [0.1, 0.15) is 13.8 Å². The maximum Gasteiger partial charge on any atom is 0.405 e. The van der Waals surface area contributed by atoms with Crippen LogP contribution >= 0.6 is 11.8 Å². The van der Waals surface area contributed by atoms with E-state index in [1.54, 1.807) is 0 Å². The van der Waals surface area contributed by atoms with E-state index in [1.807, 2.05) is 19.2 Å². The van der Waals surface area contributed by atoms with Crippen LogP contribution in [0.5, 0.6) is 0 Å². The molecule has 84 valence electrons. The van der Waals surface area contributed by atoms with Crippen LogP contribution in [0.25, 0.3) is 0 Å². The minimum Gasteiger partial charge on any atom is -0.346 e. The first-order valence-corrected chi connectivity index (χ1v) is 5.38. The zero-order chi connectivity index (χ0) is 11.2. The summed E-state index contributed by atoms with van der Waals surface area (Å²) < 4.78 is 34.9. The molecule has 0 aromatic carbocycles. The summed E-state index contributed by atoms with van der Waals surface area (Å²) >= 11 is 1.34. The van der Waals surface area contributed by atoms with E-state index in [0.717, 1.165) is 5.75 Å².